The van der Waals surface area contributed by atoms with Gasteiger partial charge in [0.2, 0.25) is 5.91 Å². The highest BCUT2D eigenvalue weighted by Crippen LogP contribution is 2.40. The van der Waals surface area contributed by atoms with Crippen LogP contribution in [0, 0.1) is 25.5 Å². The summed E-state index contributed by atoms with van der Waals surface area (Å²) in [4.78, 5) is 40.6. The Kier molecular flexibility index (Phi) is 7.93. The van der Waals surface area contributed by atoms with Crippen molar-refractivity contribution >= 4 is 22.6 Å². The first kappa shape index (κ1) is 29.7. The second-order valence-corrected chi connectivity index (χ2v) is 11.1. The van der Waals surface area contributed by atoms with Crippen LogP contribution in [0.2, 0.25) is 0 Å². The fraction of sp³-hybridized carbons (Fsp3) is 0.194. The lowest BCUT2D eigenvalue weighted by Crippen LogP contribution is -2.40. The number of rotatable bonds is 4. The lowest BCUT2D eigenvalue weighted by atomic mass is 9.92. The predicted molar refractivity (Wildman–Crippen MR) is 166 cm³/mol. The summed E-state index contributed by atoms with van der Waals surface area (Å²) in [6.45, 7) is 5.20. The first-order valence-electron chi connectivity index (χ1n) is 14.6. The number of fused-ring (bicyclic) bond motifs is 7. The molecule has 228 valence electrons. The molecule has 2 heterocycles. The zero-order valence-electron chi connectivity index (χ0n) is 24.9. The lowest BCUT2D eigenvalue weighted by Gasteiger charge is -2.26. The van der Waals surface area contributed by atoms with Gasteiger partial charge >= 0.3 is 5.97 Å². The van der Waals surface area contributed by atoms with Crippen LogP contribution in [0.5, 0.6) is 11.5 Å². The Morgan fingerprint density at radius 1 is 0.911 bits per heavy atom. The monoisotopic (exact) mass is 608 g/mol. The van der Waals surface area contributed by atoms with Gasteiger partial charge in [-0.2, -0.15) is 0 Å². The van der Waals surface area contributed by atoms with Crippen molar-refractivity contribution in [1.29, 1.82) is 0 Å². The van der Waals surface area contributed by atoms with Crippen molar-refractivity contribution in [2.45, 2.75) is 39.3 Å². The second-order valence-electron chi connectivity index (χ2n) is 11.1. The third kappa shape index (κ3) is 5.69. The van der Waals surface area contributed by atoms with Gasteiger partial charge in [0.25, 0.3) is 5.56 Å². The molecule has 9 heteroatoms. The smallest absolute Gasteiger partial charge is 0.308 e. The Bertz CT molecular complexity index is 2040. The Balaban J connectivity index is 1.64. The van der Waals surface area contributed by atoms with Gasteiger partial charge < -0.3 is 14.8 Å². The number of halogens is 2. The molecule has 1 aliphatic rings. The summed E-state index contributed by atoms with van der Waals surface area (Å²) in [6, 6.07) is 18.4. The number of nitrogens with zero attached hydrogens (tertiary/aromatic N) is 1. The largest absolute Gasteiger partial charge is 0.466 e. The molecule has 2 atom stereocenters. The van der Waals surface area contributed by atoms with Gasteiger partial charge in [-0.15, -0.1) is 0 Å². The van der Waals surface area contributed by atoms with Crippen LogP contribution in [0.15, 0.2) is 89.9 Å². The molecular weight excluding hydrogens is 578 g/mol. The Morgan fingerprint density at radius 2 is 1.69 bits per heavy atom. The number of pyridine rings is 1. The molecule has 0 spiro atoms. The molecule has 0 saturated heterocycles. The molecular formula is C36H30F2N2O5. The molecule has 7 nitrogen and oxygen atoms in total. The van der Waals surface area contributed by atoms with Crippen molar-refractivity contribution in [2.24, 2.45) is 0 Å². The maximum atomic E-state index is 16.0. The molecule has 1 N–H and O–H groups in total. The molecule has 1 amide bonds. The molecule has 4 aromatic carbocycles. The van der Waals surface area contributed by atoms with E-state index in [1.165, 1.54) is 30.5 Å². The fourth-order valence-corrected chi connectivity index (χ4v) is 5.89. The molecule has 6 rings (SSSR count). The number of nitrogens with one attached hydrogen (secondary N) is 1. The van der Waals surface area contributed by atoms with Gasteiger partial charge in [-0.05, 0) is 84.6 Å². The number of aryl methyl sites for hydroxylation is 2. The van der Waals surface area contributed by atoms with Gasteiger partial charge in [-0.25, -0.2) is 8.78 Å². The summed E-state index contributed by atoms with van der Waals surface area (Å²) in [5.74, 6) is -2.22. The van der Waals surface area contributed by atoms with E-state index in [-0.39, 0.29) is 29.0 Å². The number of carbonyl (C=O) groups is 2. The van der Waals surface area contributed by atoms with Crippen LogP contribution < -0.4 is 15.6 Å². The van der Waals surface area contributed by atoms with E-state index in [4.69, 9.17) is 9.47 Å². The van der Waals surface area contributed by atoms with E-state index in [0.717, 1.165) is 10.1 Å². The van der Waals surface area contributed by atoms with E-state index in [9.17, 15) is 14.4 Å². The highest BCUT2D eigenvalue weighted by atomic mass is 19.1. The topological polar surface area (TPSA) is 86.6 Å². The zero-order chi connectivity index (χ0) is 31.8. The maximum Gasteiger partial charge on any atom is 0.308 e. The third-order valence-electron chi connectivity index (χ3n) is 8.00. The summed E-state index contributed by atoms with van der Waals surface area (Å²) in [7, 11) is 0. The summed E-state index contributed by atoms with van der Waals surface area (Å²) in [5, 5.41) is 4.06. The number of aromatic nitrogens is 1. The van der Waals surface area contributed by atoms with E-state index < -0.39 is 47.6 Å². The average Bonchev–Trinajstić information content (AvgIpc) is 3.00. The summed E-state index contributed by atoms with van der Waals surface area (Å²) in [5.41, 5.74) is 1.71. The summed E-state index contributed by atoms with van der Waals surface area (Å²) in [6.07, 6.45) is 1.08. The van der Waals surface area contributed by atoms with Gasteiger partial charge in [0.05, 0.1) is 19.1 Å². The molecule has 1 aromatic heterocycles. The molecule has 4 bridgehead atoms. The van der Waals surface area contributed by atoms with Crippen LogP contribution in [0.3, 0.4) is 0 Å². The molecule has 1 unspecified atom stereocenters. The number of esters is 1. The maximum absolute atomic E-state index is 16.0. The van der Waals surface area contributed by atoms with Crippen LogP contribution >= 0.6 is 0 Å². The normalized spacial score (nSPS) is 16.0. The van der Waals surface area contributed by atoms with Crippen molar-refractivity contribution in [3.8, 4) is 22.6 Å². The molecule has 0 saturated carbocycles. The quantitative estimate of drug-likeness (QED) is 0.221. The molecule has 1 aliphatic heterocycles. The SMILES string of the molecule is CCOC(=O)C[C@@H]1NC(=O)C(n2cc3ccccc3cc2=O)c2cc(ccc2F)Oc2cccc(C)c2-c2cc(C)c(F)c1c2. The summed E-state index contributed by atoms with van der Waals surface area (Å²) < 4.78 is 44.3. The number of hydrogen-bond donors (Lipinski definition) is 1. The molecule has 0 fully saturated rings. The number of carbonyl (C=O) groups excluding carboxylic acids is 2. The van der Waals surface area contributed by atoms with Gasteiger partial charge in [0.1, 0.15) is 29.2 Å². The first-order valence-corrected chi connectivity index (χ1v) is 14.6. The van der Waals surface area contributed by atoms with Crippen LogP contribution in [0.4, 0.5) is 8.78 Å². The number of amides is 1. The van der Waals surface area contributed by atoms with Crippen molar-refractivity contribution < 1.29 is 27.8 Å². The van der Waals surface area contributed by atoms with Crippen LogP contribution in [-0.2, 0) is 14.3 Å². The van der Waals surface area contributed by atoms with Crippen LogP contribution in [0.25, 0.3) is 21.9 Å². The number of ether oxygens (including phenoxy) is 2. The van der Waals surface area contributed by atoms with Gasteiger partial charge in [-0.1, -0.05) is 36.4 Å². The Labute approximate surface area is 258 Å². The van der Waals surface area contributed by atoms with Crippen molar-refractivity contribution in [2.75, 3.05) is 6.61 Å². The first-order chi connectivity index (χ1) is 21.6. The van der Waals surface area contributed by atoms with Crippen LogP contribution in [0.1, 0.15) is 47.7 Å². The van der Waals surface area contributed by atoms with Crippen LogP contribution in [-0.4, -0.2) is 23.1 Å². The van der Waals surface area contributed by atoms with E-state index >= 15 is 8.78 Å². The predicted octanol–water partition coefficient (Wildman–Crippen LogP) is 7.07. The minimum atomic E-state index is -1.54. The fourth-order valence-electron chi connectivity index (χ4n) is 5.89. The summed E-state index contributed by atoms with van der Waals surface area (Å²) >= 11 is 0. The zero-order valence-corrected chi connectivity index (χ0v) is 24.9. The van der Waals surface area contributed by atoms with Gasteiger partial charge in [0.15, 0.2) is 0 Å². The Hall–Kier alpha value is -5.31. The van der Waals surface area contributed by atoms with Gasteiger partial charge in [0, 0.05) is 29.0 Å². The number of hydrogen-bond acceptors (Lipinski definition) is 5. The van der Waals surface area contributed by atoms with Crippen molar-refractivity contribution in [1.82, 2.24) is 9.88 Å². The number of benzene rings is 4. The molecule has 0 aliphatic carbocycles. The highest BCUT2D eigenvalue weighted by Gasteiger charge is 2.32. The van der Waals surface area contributed by atoms with E-state index in [1.54, 1.807) is 62.4 Å². The minimum absolute atomic E-state index is 0.0386. The van der Waals surface area contributed by atoms with Crippen molar-refractivity contribution in [3.63, 3.8) is 0 Å². The highest BCUT2D eigenvalue weighted by molar-refractivity contribution is 5.87. The average molecular weight is 609 g/mol. The van der Waals surface area contributed by atoms with E-state index in [1.807, 2.05) is 13.0 Å². The second kappa shape index (κ2) is 12.0. The molecule has 0 radical (unpaired) electrons. The van der Waals surface area contributed by atoms with E-state index in [0.29, 0.717) is 27.6 Å². The van der Waals surface area contributed by atoms with Crippen molar-refractivity contribution in [3.05, 3.63) is 129 Å². The van der Waals surface area contributed by atoms with E-state index in [2.05, 4.69) is 5.32 Å². The molecule has 5 aromatic rings. The molecule has 45 heavy (non-hydrogen) atoms. The minimum Gasteiger partial charge on any atom is -0.466 e. The van der Waals surface area contributed by atoms with Gasteiger partial charge in [-0.3, -0.25) is 19.0 Å². The standard InChI is InChI=1S/C36H30F2N2O5/c1-4-44-32(42)18-29-27-15-24(14-21(3)34(27)38)33-20(2)8-7-11-30(33)45-25-12-13-28(37)26(17-25)35(36(43)39-29)40-19-23-10-6-5-9-22(23)16-31(40)41/h5-17,19,29,35H,4,18H2,1-3H3,(H,39,43)/t29-,35?/m0/s1. The lowest BCUT2D eigenvalue weighted by molar-refractivity contribution is -0.143. The Morgan fingerprint density at radius 3 is 2.47 bits per heavy atom. The third-order valence-corrected chi connectivity index (χ3v) is 8.00.